The summed E-state index contributed by atoms with van der Waals surface area (Å²) in [7, 11) is 0. The maximum absolute atomic E-state index is 12.1. The maximum Gasteiger partial charge on any atom is 0.227 e. The summed E-state index contributed by atoms with van der Waals surface area (Å²) in [5.74, 6) is 0.947. The Labute approximate surface area is 132 Å². The van der Waals surface area contributed by atoms with E-state index in [1.807, 2.05) is 17.5 Å². The number of carbonyl (C=O) groups is 1. The van der Waals surface area contributed by atoms with Crippen molar-refractivity contribution in [2.24, 2.45) is 0 Å². The van der Waals surface area contributed by atoms with Crippen molar-refractivity contribution in [1.82, 2.24) is 15.5 Å². The van der Waals surface area contributed by atoms with Gasteiger partial charge in [0.25, 0.3) is 0 Å². The minimum Gasteiger partial charge on any atom is -0.394 e. The second kappa shape index (κ2) is 6.58. The highest BCUT2D eigenvalue weighted by Crippen LogP contribution is 2.29. The van der Waals surface area contributed by atoms with E-state index >= 15 is 0 Å². The Morgan fingerprint density at radius 2 is 2.27 bits per heavy atom. The van der Waals surface area contributed by atoms with Crippen LogP contribution in [0, 0.1) is 0 Å². The van der Waals surface area contributed by atoms with Gasteiger partial charge in [-0.1, -0.05) is 24.1 Å². The maximum atomic E-state index is 12.1. The number of nitrogens with one attached hydrogen (secondary N) is 1. The highest BCUT2D eigenvalue weighted by atomic mass is 32.1. The summed E-state index contributed by atoms with van der Waals surface area (Å²) in [6.45, 7) is 0.00181. The average Bonchev–Trinajstić information content (AvgIpc) is 3.26. The predicted octanol–water partition coefficient (Wildman–Crippen LogP) is 2.15. The van der Waals surface area contributed by atoms with Gasteiger partial charge in [0.15, 0.2) is 0 Å². The first-order chi connectivity index (χ1) is 10.7. The van der Waals surface area contributed by atoms with Gasteiger partial charge in [0.1, 0.15) is 0 Å². The number of rotatable bonds is 6. The Kier molecular flexibility index (Phi) is 4.54. The molecule has 0 aliphatic heterocycles. The molecule has 2 heterocycles. The van der Waals surface area contributed by atoms with Crippen molar-refractivity contribution in [3.8, 4) is 10.7 Å². The van der Waals surface area contributed by atoms with Crippen LogP contribution in [-0.4, -0.2) is 33.3 Å². The smallest absolute Gasteiger partial charge is 0.227 e. The molecule has 2 N–H and O–H groups in total. The van der Waals surface area contributed by atoms with E-state index in [0.717, 1.165) is 30.6 Å². The fraction of sp³-hybridized carbons (Fsp3) is 0.533. The van der Waals surface area contributed by atoms with Crippen LogP contribution in [0.1, 0.15) is 38.0 Å². The summed E-state index contributed by atoms with van der Waals surface area (Å²) in [4.78, 5) is 17.3. The van der Waals surface area contributed by atoms with Crippen LogP contribution in [0.5, 0.6) is 0 Å². The minimum atomic E-state index is -0.423. The largest absolute Gasteiger partial charge is 0.394 e. The number of thiophene rings is 1. The van der Waals surface area contributed by atoms with Gasteiger partial charge in [-0.15, -0.1) is 11.3 Å². The lowest BCUT2D eigenvalue weighted by Crippen LogP contribution is -2.49. The number of aromatic nitrogens is 2. The van der Waals surface area contributed by atoms with Crippen molar-refractivity contribution in [3.63, 3.8) is 0 Å². The van der Waals surface area contributed by atoms with E-state index < -0.39 is 5.54 Å². The van der Waals surface area contributed by atoms with Gasteiger partial charge in [-0.05, 0) is 24.3 Å². The summed E-state index contributed by atoms with van der Waals surface area (Å²) >= 11 is 1.55. The van der Waals surface area contributed by atoms with Crippen LogP contribution in [0.25, 0.3) is 10.7 Å². The standard InChI is InChI=1S/C15H19N3O3S/c19-10-15(7-1-2-8-15)17-12(20)5-6-13-16-14(18-21-13)11-4-3-9-22-11/h3-4,9,19H,1-2,5-8,10H2,(H,17,20). The molecule has 1 saturated carbocycles. The molecule has 0 spiro atoms. The lowest BCUT2D eigenvalue weighted by atomic mass is 9.98. The average molecular weight is 321 g/mol. The predicted molar refractivity (Wildman–Crippen MR) is 82.4 cm³/mol. The van der Waals surface area contributed by atoms with Gasteiger partial charge >= 0.3 is 0 Å². The zero-order chi connectivity index (χ0) is 15.4. The van der Waals surface area contributed by atoms with Gasteiger partial charge in [-0.3, -0.25) is 4.79 Å². The molecule has 0 bridgehead atoms. The van der Waals surface area contributed by atoms with Crippen LogP contribution in [0.3, 0.4) is 0 Å². The van der Waals surface area contributed by atoms with Gasteiger partial charge in [0.2, 0.25) is 17.6 Å². The third kappa shape index (κ3) is 3.36. The Morgan fingerprint density at radius 3 is 2.95 bits per heavy atom. The van der Waals surface area contributed by atoms with E-state index in [2.05, 4.69) is 15.5 Å². The van der Waals surface area contributed by atoms with Crippen LogP contribution in [0.4, 0.5) is 0 Å². The van der Waals surface area contributed by atoms with Gasteiger partial charge < -0.3 is 14.9 Å². The van der Waals surface area contributed by atoms with Crippen molar-refractivity contribution in [2.45, 2.75) is 44.1 Å². The van der Waals surface area contributed by atoms with Crippen molar-refractivity contribution in [1.29, 1.82) is 0 Å². The Morgan fingerprint density at radius 1 is 1.45 bits per heavy atom. The number of amides is 1. The Balaban J connectivity index is 1.53. The summed E-state index contributed by atoms with van der Waals surface area (Å²) in [6, 6.07) is 3.86. The first-order valence-electron chi connectivity index (χ1n) is 7.49. The second-order valence-corrected chi connectivity index (χ2v) is 6.63. The molecule has 118 valence electrons. The van der Waals surface area contributed by atoms with Crippen molar-refractivity contribution in [3.05, 3.63) is 23.4 Å². The lowest BCUT2D eigenvalue weighted by Gasteiger charge is -2.27. The molecular weight excluding hydrogens is 302 g/mol. The quantitative estimate of drug-likeness (QED) is 0.851. The van der Waals surface area contributed by atoms with Gasteiger partial charge in [0.05, 0.1) is 17.0 Å². The molecule has 0 radical (unpaired) electrons. The molecule has 0 saturated heterocycles. The van der Waals surface area contributed by atoms with Crippen molar-refractivity contribution in [2.75, 3.05) is 6.61 Å². The highest BCUT2D eigenvalue weighted by molar-refractivity contribution is 7.13. The highest BCUT2D eigenvalue weighted by Gasteiger charge is 2.34. The number of nitrogens with zero attached hydrogens (tertiary/aromatic N) is 2. The first-order valence-corrected chi connectivity index (χ1v) is 8.37. The van der Waals surface area contributed by atoms with E-state index in [-0.39, 0.29) is 18.9 Å². The molecule has 7 heteroatoms. The van der Waals surface area contributed by atoms with E-state index in [0.29, 0.717) is 18.1 Å². The normalized spacial score (nSPS) is 16.8. The van der Waals surface area contributed by atoms with E-state index in [9.17, 15) is 9.90 Å². The SMILES string of the molecule is O=C(CCc1nc(-c2cccs2)no1)NC1(CO)CCCC1. The van der Waals surface area contributed by atoms with Gasteiger partial charge in [-0.2, -0.15) is 4.98 Å². The van der Waals surface area contributed by atoms with Crippen LogP contribution >= 0.6 is 11.3 Å². The summed E-state index contributed by atoms with van der Waals surface area (Å²) < 4.78 is 5.18. The Hall–Kier alpha value is -1.73. The zero-order valence-corrected chi connectivity index (χ0v) is 13.1. The molecule has 0 atom stereocenters. The van der Waals surface area contributed by atoms with Crippen LogP contribution < -0.4 is 5.32 Å². The molecule has 6 nitrogen and oxygen atoms in total. The summed E-state index contributed by atoms with van der Waals surface area (Å²) in [5, 5.41) is 18.4. The fourth-order valence-corrected chi connectivity index (χ4v) is 3.46. The van der Waals surface area contributed by atoms with Gasteiger partial charge in [0, 0.05) is 12.8 Å². The van der Waals surface area contributed by atoms with E-state index in [1.165, 1.54) is 0 Å². The molecule has 2 aromatic rings. The second-order valence-electron chi connectivity index (χ2n) is 5.68. The molecule has 1 fully saturated rings. The van der Waals surface area contributed by atoms with Gasteiger partial charge in [-0.25, -0.2) is 0 Å². The van der Waals surface area contributed by atoms with Crippen LogP contribution in [0.2, 0.25) is 0 Å². The molecule has 0 unspecified atom stereocenters. The van der Waals surface area contributed by atoms with E-state index in [4.69, 9.17) is 4.52 Å². The van der Waals surface area contributed by atoms with Crippen molar-refractivity contribution < 1.29 is 14.4 Å². The third-order valence-corrected chi connectivity index (χ3v) is 4.91. The molecular formula is C15H19N3O3S. The van der Waals surface area contributed by atoms with Crippen LogP contribution in [-0.2, 0) is 11.2 Å². The number of hydrogen-bond acceptors (Lipinski definition) is 6. The molecule has 0 aromatic carbocycles. The number of carbonyl (C=O) groups excluding carboxylic acids is 1. The summed E-state index contributed by atoms with van der Waals surface area (Å²) in [6.07, 6.45) is 4.49. The molecule has 1 amide bonds. The number of hydrogen-bond donors (Lipinski definition) is 2. The number of aliphatic hydroxyl groups is 1. The van der Waals surface area contributed by atoms with Crippen molar-refractivity contribution >= 4 is 17.2 Å². The molecule has 3 rings (SSSR count). The number of aryl methyl sites for hydroxylation is 1. The zero-order valence-electron chi connectivity index (χ0n) is 12.2. The fourth-order valence-electron chi connectivity index (χ4n) is 2.82. The molecule has 2 aromatic heterocycles. The number of aliphatic hydroxyl groups excluding tert-OH is 1. The third-order valence-electron chi connectivity index (χ3n) is 4.04. The summed E-state index contributed by atoms with van der Waals surface area (Å²) in [5.41, 5.74) is -0.423. The molecule has 22 heavy (non-hydrogen) atoms. The topological polar surface area (TPSA) is 88.2 Å². The first kappa shape index (κ1) is 15.2. The lowest BCUT2D eigenvalue weighted by molar-refractivity contribution is -0.123. The minimum absolute atomic E-state index is 0.00181. The van der Waals surface area contributed by atoms with Crippen LogP contribution in [0.15, 0.2) is 22.0 Å². The van der Waals surface area contributed by atoms with E-state index in [1.54, 1.807) is 11.3 Å². The monoisotopic (exact) mass is 321 g/mol. The Bertz CT molecular complexity index is 618. The molecule has 1 aliphatic carbocycles. The molecule has 1 aliphatic rings.